The van der Waals surface area contributed by atoms with E-state index in [1.807, 2.05) is 13.0 Å². The Bertz CT molecular complexity index is 1030. The Morgan fingerprint density at radius 2 is 1.97 bits per heavy atom. The second-order valence-corrected chi connectivity index (χ2v) is 8.03. The van der Waals surface area contributed by atoms with Crippen LogP contribution in [-0.4, -0.2) is 23.1 Å². The SMILES string of the molecule is CCOc1cc(-c2cc(NCCc3c(F)cc(Br)cc3F)ncn2)sc1CC#N. The van der Waals surface area contributed by atoms with Gasteiger partial charge >= 0.3 is 0 Å². The molecule has 0 saturated heterocycles. The number of anilines is 1. The van der Waals surface area contributed by atoms with Crippen LogP contribution in [0.25, 0.3) is 10.6 Å². The minimum Gasteiger partial charge on any atom is -0.493 e. The van der Waals surface area contributed by atoms with Crippen molar-refractivity contribution in [3.05, 3.63) is 57.1 Å². The maximum absolute atomic E-state index is 13.9. The smallest absolute Gasteiger partial charge is 0.134 e. The zero-order valence-electron chi connectivity index (χ0n) is 15.5. The Labute approximate surface area is 179 Å². The number of nitrogens with one attached hydrogen (secondary N) is 1. The summed E-state index contributed by atoms with van der Waals surface area (Å²) >= 11 is 4.51. The van der Waals surface area contributed by atoms with Crippen LogP contribution in [0.5, 0.6) is 5.75 Å². The van der Waals surface area contributed by atoms with E-state index in [1.54, 1.807) is 6.07 Å². The summed E-state index contributed by atoms with van der Waals surface area (Å²) in [7, 11) is 0. The van der Waals surface area contributed by atoms with Gasteiger partial charge < -0.3 is 10.1 Å². The Morgan fingerprint density at radius 1 is 1.21 bits per heavy atom. The normalized spacial score (nSPS) is 10.6. The van der Waals surface area contributed by atoms with Gasteiger partial charge in [0.15, 0.2) is 0 Å². The highest BCUT2D eigenvalue weighted by Gasteiger charge is 2.14. The van der Waals surface area contributed by atoms with Crippen LogP contribution in [0.3, 0.4) is 0 Å². The molecule has 0 radical (unpaired) electrons. The molecule has 0 aliphatic carbocycles. The van der Waals surface area contributed by atoms with Crippen molar-refractivity contribution in [2.75, 3.05) is 18.5 Å². The summed E-state index contributed by atoms with van der Waals surface area (Å²) in [5.74, 6) is 0.0488. The first-order valence-electron chi connectivity index (χ1n) is 8.84. The first kappa shape index (κ1) is 21.1. The van der Waals surface area contributed by atoms with Crippen LogP contribution in [0, 0.1) is 23.0 Å². The molecule has 1 aromatic carbocycles. The Balaban J connectivity index is 1.72. The third kappa shape index (κ3) is 5.28. The second kappa shape index (κ2) is 9.76. The molecule has 9 heteroatoms. The van der Waals surface area contributed by atoms with Crippen LogP contribution in [0.2, 0.25) is 0 Å². The predicted octanol–water partition coefficient (Wildman–Crippen LogP) is 5.37. The van der Waals surface area contributed by atoms with Crippen molar-refractivity contribution < 1.29 is 13.5 Å². The molecule has 0 unspecified atom stereocenters. The average Bonchev–Trinajstić information content (AvgIpc) is 3.07. The van der Waals surface area contributed by atoms with Crippen LogP contribution in [0.4, 0.5) is 14.6 Å². The number of nitriles is 1. The number of halogens is 3. The molecule has 150 valence electrons. The van der Waals surface area contributed by atoms with E-state index in [0.717, 1.165) is 9.75 Å². The molecule has 1 N–H and O–H groups in total. The molecule has 0 aliphatic rings. The first-order valence-corrected chi connectivity index (χ1v) is 10.4. The molecule has 2 aromatic heterocycles. The molecule has 0 atom stereocenters. The van der Waals surface area contributed by atoms with Gasteiger partial charge in [-0.05, 0) is 25.5 Å². The largest absolute Gasteiger partial charge is 0.493 e. The van der Waals surface area contributed by atoms with Crippen molar-refractivity contribution in [1.29, 1.82) is 5.26 Å². The Kier molecular flexibility index (Phi) is 7.12. The van der Waals surface area contributed by atoms with Gasteiger partial charge in [0.25, 0.3) is 0 Å². The summed E-state index contributed by atoms with van der Waals surface area (Å²) < 4.78 is 33.8. The maximum atomic E-state index is 13.9. The van der Waals surface area contributed by atoms with Gasteiger partial charge in [0.05, 0.1) is 34.5 Å². The van der Waals surface area contributed by atoms with Gasteiger partial charge in [-0.1, -0.05) is 15.9 Å². The standard InChI is InChI=1S/C20H17BrF2N4OS/c1-2-28-17-10-19(29-18(17)3-5-24)16-9-20(27-11-26-16)25-6-4-13-14(22)7-12(21)8-15(13)23/h7-11H,2-4,6H2,1H3,(H,25,26,27). The van der Waals surface area contributed by atoms with E-state index in [9.17, 15) is 8.78 Å². The molecule has 5 nitrogen and oxygen atoms in total. The van der Waals surface area contributed by atoms with Gasteiger partial charge in [-0.15, -0.1) is 11.3 Å². The van der Waals surface area contributed by atoms with Crippen LogP contribution >= 0.6 is 27.3 Å². The van der Waals surface area contributed by atoms with Crippen molar-refractivity contribution >= 4 is 33.1 Å². The summed E-state index contributed by atoms with van der Waals surface area (Å²) in [4.78, 5) is 10.1. The van der Waals surface area contributed by atoms with Gasteiger partial charge in [0.2, 0.25) is 0 Å². The van der Waals surface area contributed by atoms with E-state index in [0.29, 0.717) is 34.9 Å². The molecular formula is C20H17BrF2N4OS. The van der Waals surface area contributed by atoms with Gasteiger partial charge in [-0.25, -0.2) is 18.7 Å². The second-order valence-electron chi connectivity index (χ2n) is 5.98. The lowest BCUT2D eigenvalue weighted by atomic mass is 10.1. The fourth-order valence-electron chi connectivity index (χ4n) is 2.73. The minimum absolute atomic E-state index is 0.0238. The van der Waals surface area contributed by atoms with Crippen molar-refractivity contribution in [2.45, 2.75) is 19.8 Å². The van der Waals surface area contributed by atoms with Gasteiger partial charge in [-0.3, -0.25) is 0 Å². The quantitative estimate of drug-likeness (QED) is 0.471. The lowest BCUT2D eigenvalue weighted by Crippen LogP contribution is -2.09. The summed E-state index contributed by atoms with van der Waals surface area (Å²) in [6.07, 6.45) is 1.85. The van der Waals surface area contributed by atoms with Crippen molar-refractivity contribution in [1.82, 2.24) is 9.97 Å². The lowest BCUT2D eigenvalue weighted by molar-refractivity contribution is 0.339. The fraction of sp³-hybridized carbons (Fsp3) is 0.250. The molecule has 29 heavy (non-hydrogen) atoms. The zero-order chi connectivity index (χ0) is 20.8. The van der Waals surface area contributed by atoms with Crippen LogP contribution in [0.1, 0.15) is 17.4 Å². The molecule has 0 fully saturated rings. The molecule has 0 bridgehead atoms. The number of rotatable bonds is 8. The van der Waals surface area contributed by atoms with Crippen LogP contribution in [0.15, 0.2) is 35.1 Å². The molecule has 0 aliphatic heterocycles. The van der Waals surface area contributed by atoms with E-state index in [1.165, 1.54) is 29.8 Å². The Morgan fingerprint density at radius 3 is 2.66 bits per heavy atom. The first-order chi connectivity index (χ1) is 14.0. The van der Waals surface area contributed by atoms with E-state index in [4.69, 9.17) is 10.00 Å². The molecule has 0 spiro atoms. The molecule has 0 amide bonds. The number of ether oxygens (including phenoxy) is 1. The van der Waals surface area contributed by atoms with Crippen molar-refractivity contribution in [3.8, 4) is 22.4 Å². The number of thiophene rings is 1. The fourth-order valence-corrected chi connectivity index (χ4v) is 4.13. The minimum atomic E-state index is -0.589. The van der Waals surface area contributed by atoms with E-state index >= 15 is 0 Å². The highest BCUT2D eigenvalue weighted by atomic mass is 79.9. The topological polar surface area (TPSA) is 70.8 Å². The third-order valence-corrected chi connectivity index (χ3v) is 5.61. The lowest BCUT2D eigenvalue weighted by Gasteiger charge is -2.08. The number of aromatic nitrogens is 2. The van der Waals surface area contributed by atoms with Crippen LogP contribution in [-0.2, 0) is 12.8 Å². The van der Waals surface area contributed by atoms with Crippen LogP contribution < -0.4 is 10.1 Å². The predicted molar refractivity (Wildman–Crippen MR) is 112 cm³/mol. The Hall–Kier alpha value is -2.57. The van der Waals surface area contributed by atoms with Gasteiger partial charge in [0, 0.05) is 28.7 Å². The zero-order valence-corrected chi connectivity index (χ0v) is 17.9. The highest BCUT2D eigenvalue weighted by Crippen LogP contribution is 2.36. The summed E-state index contributed by atoms with van der Waals surface area (Å²) in [6.45, 7) is 2.70. The monoisotopic (exact) mass is 478 g/mol. The third-order valence-electron chi connectivity index (χ3n) is 4.02. The maximum Gasteiger partial charge on any atom is 0.134 e. The van der Waals surface area contributed by atoms with Crippen molar-refractivity contribution in [2.24, 2.45) is 0 Å². The van der Waals surface area contributed by atoms with Gasteiger partial charge in [-0.2, -0.15) is 5.26 Å². The molecule has 3 rings (SSSR count). The molecular weight excluding hydrogens is 462 g/mol. The van der Waals surface area contributed by atoms with E-state index < -0.39 is 11.6 Å². The van der Waals surface area contributed by atoms with E-state index in [-0.39, 0.29) is 18.4 Å². The van der Waals surface area contributed by atoms with Gasteiger partial charge in [0.1, 0.15) is 29.5 Å². The molecule has 3 aromatic rings. The number of nitrogens with zero attached hydrogens (tertiary/aromatic N) is 3. The highest BCUT2D eigenvalue weighted by molar-refractivity contribution is 9.10. The van der Waals surface area contributed by atoms with Crippen molar-refractivity contribution in [3.63, 3.8) is 0 Å². The summed E-state index contributed by atoms with van der Waals surface area (Å²) in [6, 6.07) is 8.24. The number of benzene rings is 1. The number of hydrogen-bond acceptors (Lipinski definition) is 6. The average molecular weight is 479 g/mol. The van der Waals surface area contributed by atoms with E-state index in [2.05, 4.69) is 37.3 Å². The molecule has 0 saturated carbocycles. The summed E-state index contributed by atoms with van der Waals surface area (Å²) in [5, 5.41) is 12.1. The number of hydrogen-bond donors (Lipinski definition) is 1. The summed E-state index contributed by atoms with van der Waals surface area (Å²) in [5.41, 5.74) is 0.703. The molecule has 2 heterocycles.